The fraction of sp³-hybridized carbons (Fsp3) is 0.400. The van der Waals surface area contributed by atoms with E-state index in [0.717, 1.165) is 11.3 Å². The third-order valence-corrected chi connectivity index (χ3v) is 4.54. The van der Waals surface area contributed by atoms with Crippen LogP contribution in [0.25, 0.3) is 22.4 Å². The average Bonchev–Trinajstić information content (AvgIpc) is 3.20. The number of pyridine rings is 1. The number of hydrogen-bond acceptors (Lipinski definition) is 6. The Morgan fingerprint density at radius 2 is 1.93 bits per heavy atom. The van der Waals surface area contributed by atoms with Crippen molar-refractivity contribution in [3.05, 3.63) is 34.9 Å². The summed E-state index contributed by atoms with van der Waals surface area (Å²) in [5, 5.41) is 7.24. The smallest absolute Gasteiger partial charge is 0.259 e. The Morgan fingerprint density at radius 1 is 1.18 bits per heavy atom. The zero-order chi connectivity index (χ0) is 20.4. The van der Waals surface area contributed by atoms with E-state index in [1.807, 2.05) is 33.8 Å². The van der Waals surface area contributed by atoms with Crippen LogP contribution in [0.1, 0.15) is 41.4 Å². The summed E-state index contributed by atoms with van der Waals surface area (Å²) >= 11 is 0. The van der Waals surface area contributed by atoms with Gasteiger partial charge in [0.05, 0.1) is 28.9 Å². The maximum Gasteiger partial charge on any atom is 0.259 e. The van der Waals surface area contributed by atoms with Crippen LogP contribution in [0.5, 0.6) is 0 Å². The molecule has 8 heteroatoms. The number of hydrogen-bond donors (Lipinski definition) is 1. The Hall–Kier alpha value is -3.16. The van der Waals surface area contributed by atoms with Crippen molar-refractivity contribution in [1.82, 2.24) is 20.4 Å². The number of aromatic nitrogens is 2. The lowest BCUT2D eigenvalue weighted by Gasteiger charge is -2.21. The molecule has 0 aliphatic carbocycles. The lowest BCUT2D eigenvalue weighted by Crippen LogP contribution is -2.40. The van der Waals surface area contributed by atoms with E-state index in [1.54, 1.807) is 13.0 Å². The van der Waals surface area contributed by atoms with Gasteiger partial charge in [-0.25, -0.2) is 4.98 Å². The number of carbonyl (C=O) groups excluding carboxylic acids is 2. The Bertz CT molecular complexity index is 1030. The molecule has 148 valence electrons. The monoisotopic (exact) mass is 384 g/mol. The number of rotatable bonds is 6. The van der Waals surface area contributed by atoms with E-state index in [-0.39, 0.29) is 24.1 Å². The van der Waals surface area contributed by atoms with E-state index in [9.17, 15) is 9.59 Å². The van der Waals surface area contributed by atoms with Gasteiger partial charge in [0.15, 0.2) is 0 Å². The summed E-state index contributed by atoms with van der Waals surface area (Å²) in [4.78, 5) is 31.3. The third kappa shape index (κ3) is 3.62. The van der Waals surface area contributed by atoms with Gasteiger partial charge in [-0.05, 0) is 46.8 Å². The van der Waals surface area contributed by atoms with E-state index >= 15 is 0 Å². The largest absolute Gasteiger partial charge is 0.466 e. The molecule has 0 bridgehead atoms. The van der Waals surface area contributed by atoms with Crippen molar-refractivity contribution < 1.29 is 18.5 Å². The molecule has 3 aromatic rings. The van der Waals surface area contributed by atoms with Crippen molar-refractivity contribution in [2.45, 2.75) is 34.6 Å². The van der Waals surface area contributed by atoms with Crippen molar-refractivity contribution in [2.75, 3.05) is 19.6 Å². The molecular weight excluding hydrogens is 360 g/mol. The van der Waals surface area contributed by atoms with Gasteiger partial charge in [-0.15, -0.1) is 0 Å². The summed E-state index contributed by atoms with van der Waals surface area (Å²) in [5.41, 5.74) is 2.62. The Kier molecular flexibility index (Phi) is 5.48. The number of fused-ring (bicyclic) bond motifs is 1. The van der Waals surface area contributed by atoms with Gasteiger partial charge in [0.1, 0.15) is 11.5 Å². The van der Waals surface area contributed by atoms with Gasteiger partial charge in [-0.3, -0.25) is 9.59 Å². The Balaban J connectivity index is 2.10. The van der Waals surface area contributed by atoms with Crippen LogP contribution in [0.4, 0.5) is 0 Å². The number of likely N-dealkylation sites (N-methyl/N-ethyl adjacent to an activating group) is 2. The molecule has 8 nitrogen and oxygen atoms in total. The van der Waals surface area contributed by atoms with E-state index in [2.05, 4.69) is 15.5 Å². The summed E-state index contributed by atoms with van der Waals surface area (Å²) < 4.78 is 10.9. The molecule has 0 aromatic carbocycles. The molecule has 3 aromatic heterocycles. The number of furan rings is 1. The van der Waals surface area contributed by atoms with E-state index < -0.39 is 0 Å². The van der Waals surface area contributed by atoms with Crippen LogP contribution in [0, 0.1) is 20.8 Å². The maximum absolute atomic E-state index is 13.3. The fourth-order valence-electron chi connectivity index (χ4n) is 3.21. The molecular formula is C20H24N4O4. The van der Waals surface area contributed by atoms with E-state index in [4.69, 9.17) is 8.94 Å². The molecule has 28 heavy (non-hydrogen) atoms. The summed E-state index contributed by atoms with van der Waals surface area (Å²) in [6.45, 7) is 10.0. The van der Waals surface area contributed by atoms with Crippen LogP contribution in [0.15, 0.2) is 21.1 Å². The zero-order valence-corrected chi connectivity index (χ0v) is 16.8. The van der Waals surface area contributed by atoms with Crippen molar-refractivity contribution in [3.63, 3.8) is 0 Å². The normalized spacial score (nSPS) is 11.0. The van der Waals surface area contributed by atoms with Crippen LogP contribution >= 0.6 is 0 Å². The molecule has 0 unspecified atom stereocenters. The highest BCUT2D eigenvalue weighted by Gasteiger charge is 2.25. The second-order valence-electron chi connectivity index (χ2n) is 6.60. The quantitative estimate of drug-likeness (QED) is 0.701. The van der Waals surface area contributed by atoms with Gasteiger partial charge in [-0.2, -0.15) is 0 Å². The molecule has 0 spiro atoms. The lowest BCUT2D eigenvalue weighted by atomic mass is 10.0. The first kappa shape index (κ1) is 19.6. The second-order valence-corrected chi connectivity index (χ2v) is 6.60. The van der Waals surface area contributed by atoms with Gasteiger partial charge in [-0.1, -0.05) is 5.16 Å². The first-order chi connectivity index (χ1) is 13.3. The lowest BCUT2D eigenvalue weighted by molar-refractivity contribution is -0.121. The predicted octanol–water partition coefficient (Wildman–Crippen LogP) is 3.01. The zero-order valence-electron chi connectivity index (χ0n) is 16.8. The van der Waals surface area contributed by atoms with Crippen LogP contribution < -0.4 is 5.32 Å². The van der Waals surface area contributed by atoms with Crippen molar-refractivity contribution >= 4 is 22.9 Å². The van der Waals surface area contributed by atoms with E-state index in [1.165, 1.54) is 4.90 Å². The first-order valence-corrected chi connectivity index (χ1v) is 9.26. The average molecular weight is 384 g/mol. The molecule has 1 N–H and O–H groups in total. The highest BCUT2D eigenvalue weighted by Crippen LogP contribution is 2.31. The SMILES string of the molecule is CCNC(=O)CN(CC)C(=O)c1cc(-c2cc(C)oc2C)nc2onc(C)c12. The predicted molar refractivity (Wildman–Crippen MR) is 104 cm³/mol. The van der Waals surface area contributed by atoms with Gasteiger partial charge in [0.25, 0.3) is 11.6 Å². The molecule has 0 atom stereocenters. The Labute approximate surface area is 162 Å². The second kappa shape index (κ2) is 7.84. The molecule has 0 fully saturated rings. The van der Waals surface area contributed by atoms with Crippen LogP contribution in [-0.4, -0.2) is 46.5 Å². The molecule has 3 rings (SSSR count). The highest BCUT2D eigenvalue weighted by atomic mass is 16.5. The van der Waals surface area contributed by atoms with Crippen molar-refractivity contribution in [1.29, 1.82) is 0 Å². The number of aryl methyl sites for hydroxylation is 3. The number of carbonyl (C=O) groups is 2. The summed E-state index contributed by atoms with van der Waals surface area (Å²) in [6.07, 6.45) is 0. The first-order valence-electron chi connectivity index (χ1n) is 9.26. The third-order valence-electron chi connectivity index (χ3n) is 4.54. The van der Waals surface area contributed by atoms with Crippen molar-refractivity contribution in [3.8, 4) is 11.3 Å². The standard InChI is InChI=1S/C20H24N4O4/c1-6-21-17(25)10-24(7-2)20(26)15-9-16(14-8-11(3)27-13(14)5)22-19-18(15)12(4)23-28-19/h8-9H,6-7,10H2,1-5H3,(H,21,25). The molecule has 0 saturated heterocycles. The highest BCUT2D eigenvalue weighted by molar-refractivity contribution is 6.07. The number of nitrogens with one attached hydrogen (secondary N) is 1. The molecule has 3 heterocycles. The number of amides is 2. The van der Waals surface area contributed by atoms with Crippen molar-refractivity contribution in [2.24, 2.45) is 0 Å². The van der Waals surface area contributed by atoms with Crippen LogP contribution in [-0.2, 0) is 4.79 Å². The number of nitrogens with zero attached hydrogens (tertiary/aromatic N) is 3. The molecule has 2 amide bonds. The van der Waals surface area contributed by atoms with Gasteiger partial charge >= 0.3 is 0 Å². The molecule has 0 radical (unpaired) electrons. The van der Waals surface area contributed by atoms with E-state index in [0.29, 0.717) is 41.2 Å². The molecule has 0 aliphatic heterocycles. The van der Waals surface area contributed by atoms with Gasteiger partial charge in [0.2, 0.25) is 5.91 Å². The molecule has 0 saturated carbocycles. The van der Waals surface area contributed by atoms with Gasteiger partial charge < -0.3 is 19.2 Å². The Morgan fingerprint density at radius 3 is 2.54 bits per heavy atom. The fourth-order valence-corrected chi connectivity index (χ4v) is 3.21. The minimum absolute atomic E-state index is 0.0174. The molecule has 0 aliphatic rings. The van der Waals surface area contributed by atoms with Crippen LogP contribution in [0.2, 0.25) is 0 Å². The van der Waals surface area contributed by atoms with Gasteiger partial charge in [0, 0.05) is 18.7 Å². The summed E-state index contributed by atoms with van der Waals surface area (Å²) in [5.74, 6) is 0.981. The van der Waals surface area contributed by atoms with Crippen LogP contribution in [0.3, 0.4) is 0 Å². The topological polar surface area (TPSA) is 101 Å². The minimum atomic E-state index is -0.272. The summed E-state index contributed by atoms with van der Waals surface area (Å²) in [6, 6.07) is 3.58. The minimum Gasteiger partial charge on any atom is -0.466 e. The summed E-state index contributed by atoms with van der Waals surface area (Å²) in [7, 11) is 0. The maximum atomic E-state index is 13.3.